The molecule has 1 atom stereocenters. The molecular formula is C16H17BrOS. The molecule has 0 heterocycles. The van der Waals surface area contributed by atoms with Crippen LogP contribution in [0.5, 0.6) is 0 Å². The van der Waals surface area contributed by atoms with Crippen molar-refractivity contribution >= 4 is 27.7 Å². The van der Waals surface area contributed by atoms with Crippen LogP contribution < -0.4 is 0 Å². The van der Waals surface area contributed by atoms with Crippen molar-refractivity contribution in [2.24, 2.45) is 0 Å². The largest absolute Gasteiger partial charge is 0.396 e. The van der Waals surface area contributed by atoms with Crippen LogP contribution in [-0.4, -0.2) is 17.5 Å². The van der Waals surface area contributed by atoms with Crippen LogP contribution in [0, 0.1) is 0 Å². The lowest BCUT2D eigenvalue weighted by atomic mass is 9.98. The standard InChI is InChI=1S/C16H17BrOS/c17-15-8-6-13(7-9-15)14(12-18)10-11-19-16-4-2-1-3-5-16/h1-9,14,18H,10-12H2. The molecule has 2 aromatic carbocycles. The lowest BCUT2D eigenvalue weighted by molar-refractivity contribution is 0.263. The summed E-state index contributed by atoms with van der Waals surface area (Å²) in [4.78, 5) is 1.29. The van der Waals surface area contributed by atoms with Crippen LogP contribution in [0.15, 0.2) is 64.0 Å². The van der Waals surface area contributed by atoms with Gasteiger partial charge in [-0.2, -0.15) is 0 Å². The molecule has 1 N–H and O–H groups in total. The number of halogens is 1. The van der Waals surface area contributed by atoms with Crippen LogP contribution >= 0.6 is 27.7 Å². The maximum Gasteiger partial charge on any atom is 0.0500 e. The van der Waals surface area contributed by atoms with E-state index in [9.17, 15) is 5.11 Å². The Labute approximate surface area is 127 Å². The zero-order chi connectivity index (χ0) is 13.5. The predicted octanol–water partition coefficient (Wildman–Crippen LogP) is 4.71. The van der Waals surface area contributed by atoms with Crippen molar-refractivity contribution < 1.29 is 5.11 Å². The van der Waals surface area contributed by atoms with Gasteiger partial charge in [0.15, 0.2) is 0 Å². The van der Waals surface area contributed by atoms with Crippen molar-refractivity contribution in [2.75, 3.05) is 12.4 Å². The Balaban J connectivity index is 1.87. The van der Waals surface area contributed by atoms with Gasteiger partial charge in [-0.15, -0.1) is 11.8 Å². The summed E-state index contributed by atoms with van der Waals surface area (Å²) in [5, 5.41) is 9.52. The van der Waals surface area contributed by atoms with Crippen molar-refractivity contribution in [3.8, 4) is 0 Å². The molecule has 0 aliphatic heterocycles. The molecule has 0 aliphatic rings. The molecule has 0 aliphatic carbocycles. The third-order valence-electron chi connectivity index (χ3n) is 3.04. The van der Waals surface area contributed by atoms with Crippen molar-refractivity contribution in [2.45, 2.75) is 17.2 Å². The van der Waals surface area contributed by atoms with Gasteiger partial charge in [0.1, 0.15) is 0 Å². The van der Waals surface area contributed by atoms with E-state index in [-0.39, 0.29) is 12.5 Å². The van der Waals surface area contributed by atoms with Gasteiger partial charge in [0.2, 0.25) is 0 Å². The molecule has 0 fully saturated rings. The fourth-order valence-corrected chi connectivity index (χ4v) is 3.19. The predicted molar refractivity (Wildman–Crippen MR) is 85.8 cm³/mol. The number of aliphatic hydroxyl groups is 1. The lowest BCUT2D eigenvalue weighted by Gasteiger charge is -2.14. The van der Waals surface area contributed by atoms with Crippen LogP contribution in [-0.2, 0) is 0 Å². The molecule has 3 heteroatoms. The Kier molecular flexibility index (Phi) is 5.95. The average Bonchev–Trinajstić information content (AvgIpc) is 2.46. The van der Waals surface area contributed by atoms with Gasteiger partial charge in [0.05, 0.1) is 0 Å². The molecule has 0 bridgehead atoms. The first kappa shape index (κ1) is 14.6. The van der Waals surface area contributed by atoms with Crippen LogP contribution in [0.4, 0.5) is 0 Å². The van der Waals surface area contributed by atoms with Crippen molar-refractivity contribution in [3.05, 3.63) is 64.6 Å². The number of aliphatic hydroxyl groups excluding tert-OH is 1. The average molecular weight is 337 g/mol. The Morgan fingerprint density at radius 2 is 1.68 bits per heavy atom. The minimum Gasteiger partial charge on any atom is -0.396 e. The van der Waals surface area contributed by atoms with E-state index in [1.54, 1.807) is 0 Å². The Hall–Kier alpha value is -0.770. The molecule has 0 saturated carbocycles. The van der Waals surface area contributed by atoms with Gasteiger partial charge in [-0.1, -0.05) is 46.3 Å². The highest BCUT2D eigenvalue weighted by Gasteiger charge is 2.10. The van der Waals surface area contributed by atoms with Crippen LogP contribution in [0.3, 0.4) is 0 Å². The number of rotatable bonds is 6. The quantitative estimate of drug-likeness (QED) is 0.771. The van der Waals surface area contributed by atoms with Crippen LogP contribution in [0.1, 0.15) is 17.9 Å². The fraction of sp³-hybridized carbons (Fsp3) is 0.250. The summed E-state index contributed by atoms with van der Waals surface area (Å²) in [5.74, 6) is 1.25. The zero-order valence-electron chi connectivity index (χ0n) is 10.6. The summed E-state index contributed by atoms with van der Waals surface area (Å²) >= 11 is 5.27. The molecule has 0 amide bonds. The van der Waals surface area contributed by atoms with Gasteiger partial charge in [-0.3, -0.25) is 0 Å². The maximum atomic E-state index is 9.52. The van der Waals surface area contributed by atoms with Gasteiger partial charge >= 0.3 is 0 Å². The van der Waals surface area contributed by atoms with E-state index < -0.39 is 0 Å². The number of hydrogen-bond donors (Lipinski definition) is 1. The highest BCUT2D eigenvalue weighted by Crippen LogP contribution is 2.26. The maximum absolute atomic E-state index is 9.52. The Morgan fingerprint density at radius 1 is 1.00 bits per heavy atom. The van der Waals surface area contributed by atoms with Gasteiger partial charge in [-0.05, 0) is 42.0 Å². The monoisotopic (exact) mass is 336 g/mol. The molecule has 1 nitrogen and oxygen atoms in total. The molecule has 2 rings (SSSR count). The molecular weight excluding hydrogens is 320 g/mol. The lowest BCUT2D eigenvalue weighted by Crippen LogP contribution is -2.05. The van der Waals surface area contributed by atoms with E-state index in [4.69, 9.17) is 0 Å². The topological polar surface area (TPSA) is 20.2 Å². The van der Waals surface area contributed by atoms with Crippen molar-refractivity contribution in [1.82, 2.24) is 0 Å². The van der Waals surface area contributed by atoms with E-state index in [2.05, 4.69) is 52.3 Å². The van der Waals surface area contributed by atoms with Gasteiger partial charge in [-0.25, -0.2) is 0 Å². The number of benzene rings is 2. The summed E-state index contributed by atoms with van der Waals surface area (Å²) in [5.41, 5.74) is 1.21. The first-order chi connectivity index (χ1) is 9.29. The molecule has 100 valence electrons. The molecule has 0 radical (unpaired) electrons. The summed E-state index contributed by atoms with van der Waals surface area (Å²) < 4.78 is 1.08. The van der Waals surface area contributed by atoms with E-state index in [1.165, 1.54) is 10.5 Å². The van der Waals surface area contributed by atoms with Crippen molar-refractivity contribution in [1.29, 1.82) is 0 Å². The second kappa shape index (κ2) is 7.73. The van der Waals surface area contributed by atoms with Gasteiger partial charge < -0.3 is 5.11 Å². The summed E-state index contributed by atoms with van der Waals surface area (Å²) in [6.45, 7) is 0.205. The molecule has 0 spiro atoms. The summed E-state index contributed by atoms with van der Waals surface area (Å²) in [6, 6.07) is 18.6. The zero-order valence-corrected chi connectivity index (χ0v) is 13.0. The Bertz CT molecular complexity index is 484. The minimum absolute atomic E-state index is 0.205. The van der Waals surface area contributed by atoms with E-state index in [0.717, 1.165) is 16.6 Å². The molecule has 1 unspecified atom stereocenters. The number of hydrogen-bond acceptors (Lipinski definition) is 2. The molecule has 0 aromatic heterocycles. The fourth-order valence-electron chi connectivity index (χ4n) is 1.93. The third kappa shape index (κ3) is 4.68. The Morgan fingerprint density at radius 3 is 2.32 bits per heavy atom. The first-order valence-corrected chi connectivity index (χ1v) is 8.11. The van der Waals surface area contributed by atoms with E-state index in [0.29, 0.717) is 0 Å². The number of thioether (sulfide) groups is 1. The minimum atomic E-state index is 0.205. The normalized spacial score (nSPS) is 12.3. The van der Waals surface area contributed by atoms with E-state index in [1.807, 2.05) is 30.0 Å². The smallest absolute Gasteiger partial charge is 0.0500 e. The SMILES string of the molecule is OCC(CCSc1ccccc1)c1ccc(Br)cc1. The highest BCUT2D eigenvalue weighted by molar-refractivity contribution is 9.10. The second-order valence-electron chi connectivity index (χ2n) is 4.38. The molecule has 2 aromatic rings. The summed E-state index contributed by atoms with van der Waals surface area (Å²) in [6.07, 6.45) is 0.984. The molecule has 19 heavy (non-hydrogen) atoms. The molecule has 0 saturated heterocycles. The second-order valence-corrected chi connectivity index (χ2v) is 6.47. The van der Waals surface area contributed by atoms with Gasteiger partial charge in [0.25, 0.3) is 0 Å². The van der Waals surface area contributed by atoms with Gasteiger partial charge in [0, 0.05) is 21.9 Å². The third-order valence-corrected chi connectivity index (χ3v) is 4.61. The highest BCUT2D eigenvalue weighted by atomic mass is 79.9. The first-order valence-electron chi connectivity index (χ1n) is 6.34. The van der Waals surface area contributed by atoms with Crippen LogP contribution in [0.2, 0.25) is 0 Å². The van der Waals surface area contributed by atoms with Crippen molar-refractivity contribution in [3.63, 3.8) is 0 Å². The van der Waals surface area contributed by atoms with Crippen LogP contribution in [0.25, 0.3) is 0 Å². The summed E-state index contributed by atoms with van der Waals surface area (Å²) in [7, 11) is 0. The van der Waals surface area contributed by atoms with E-state index >= 15 is 0 Å².